The molecule has 15 heteroatoms. The number of ether oxygens (including phenoxy) is 6. The molecular weight excluding hydrogens is 945 g/mol. The van der Waals surface area contributed by atoms with Crippen LogP contribution in [0.1, 0.15) is 246 Å². The minimum atomic E-state index is -0.865. The number of carbonyl (C=O) groups excluding carboxylic acids is 7. The Morgan fingerprint density at radius 1 is 0.432 bits per heavy atom. The molecule has 0 aliphatic carbocycles. The number of ketones is 1. The standard InChI is InChI=1S/C59H104N2O13/c1-5-9-13-17-21-26-32-54(63)70-45-49(46-71-55(64)33-27-22-18-14-10-6-2)40-52(62)42-51-43-61(59(68)69-39-38-60-36-30-25-31-37-60)44-53(51)74-58(67)41-50(47-72-56(65)34-28-23-19-15-11-7-3)48-73-57(66)35-29-24-20-16-12-8-4/h49-51,53H,5-48H2,1-4H3/t51-,53-/m0/s1. The fraction of sp³-hybridized carbons (Fsp3) is 0.881. The van der Waals surface area contributed by atoms with Gasteiger partial charge in [-0.2, -0.15) is 0 Å². The van der Waals surface area contributed by atoms with E-state index in [1.165, 1.54) is 24.2 Å². The fourth-order valence-electron chi connectivity index (χ4n) is 9.67. The highest BCUT2D eigenvalue weighted by Crippen LogP contribution is 2.27. The summed E-state index contributed by atoms with van der Waals surface area (Å²) in [7, 11) is 0. The van der Waals surface area contributed by atoms with Gasteiger partial charge < -0.3 is 33.3 Å². The average molecular weight is 1050 g/mol. The number of esters is 5. The van der Waals surface area contributed by atoms with Crippen molar-refractivity contribution in [3.8, 4) is 0 Å². The lowest BCUT2D eigenvalue weighted by molar-refractivity contribution is -0.158. The summed E-state index contributed by atoms with van der Waals surface area (Å²) in [6.45, 7) is 11.0. The van der Waals surface area contributed by atoms with Crippen LogP contribution in [0.25, 0.3) is 0 Å². The molecule has 2 atom stereocenters. The average Bonchev–Trinajstić information content (AvgIpc) is 3.78. The smallest absolute Gasteiger partial charge is 0.409 e. The van der Waals surface area contributed by atoms with Crippen LogP contribution < -0.4 is 0 Å². The third kappa shape index (κ3) is 34.7. The first-order valence-corrected chi connectivity index (χ1v) is 29.9. The summed E-state index contributed by atoms with van der Waals surface area (Å²) < 4.78 is 34.4. The minimum Gasteiger partial charge on any atom is -0.465 e. The van der Waals surface area contributed by atoms with Gasteiger partial charge in [0.05, 0.1) is 39.4 Å². The molecular formula is C59H104N2O13. The van der Waals surface area contributed by atoms with Crippen molar-refractivity contribution in [1.82, 2.24) is 9.80 Å². The van der Waals surface area contributed by atoms with Crippen molar-refractivity contribution in [3.63, 3.8) is 0 Å². The van der Waals surface area contributed by atoms with Gasteiger partial charge in [-0.05, 0) is 51.6 Å². The number of hydrogen-bond donors (Lipinski definition) is 0. The van der Waals surface area contributed by atoms with Crippen molar-refractivity contribution < 1.29 is 62.0 Å². The highest BCUT2D eigenvalue weighted by Gasteiger charge is 2.40. The molecule has 0 aromatic heterocycles. The number of likely N-dealkylation sites (tertiary alicyclic amines) is 2. The quantitative estimate of drug-likeness (QED) is 0.0319. The lowest BCUT2D eigenvalue weighted by Gasteiger charge is -2.26. The highest BCUT2D eigenvalue weighted by molar-refractivity contribution is 5.80. The number of amides is 1. The van der Waals surface area contributed by atoms with Crippen molar-refractivity contribution in [3.05, 3.63) is 0 Å². The van der Waals surface area contributed by atoms with Gasteiger partial charge in [0.1, 0.15) is 18.5 Å². The second-order valence-corrected chi connectivity index (χ2v) is 21.4. The van der Waals surface area contributed by atoms with E-state index in [2.05, 4.69) is 32.6 Å². The molecule has 0 unspecified atom stereocenters. The molecule has 2 heterocycles. The normalized spacial score (nSPS) is 15.8. The molecule has 2 rings (SSSR count). The predicted molar refractivity (Wildman–Crippen MR) is 288 cm³/mol. The van der Waals surface area contributed by atoms with E-state index in [1.54, 1.807) is 0 Å². The Labute approximate surface area is 447 Å². The van der Waals surface area contributed by atoms with Crippen molar-refractivity contribution in [2.24, 2.45) is 17.8 Å². The zero-order chi connectivity index (χ0) is 53.9. The molecule has 0 aromatic carbocycles. The second kappa shape index (κ2) is 44.4. The van der Waals surface area contributed by atoms with Crippen LogP contribution in [0.15, 0.2) is 0 Å². The SMILES string of the molecule is CCCCCCCCC(=O)OCC(COC(=O)CCCCCCCC)CC(=O)C[C@H]1CN(C(=O)OCCN2CCCCC2)C[C@@H]1OC(=O)CC(COC(=O)CCCCCCCC)COC(=O)CCCCCCCC. The van der Waals surface area contributed by atoms with Crippen molar-refractivity contribution in [2.45, 2.75) is 252 Å². The Morgan fingerprint density at radius 2 is 0.811 bits per heavy atom. The van der Waals surface area contributed by atoms with Crippen LogP contribution in [-0.4, -0.2) is 123 Å². The number of unbranched alkanes of at least 4 members (excludes halogenated alkanes) is 20. The predicted octanol–water partition coefficient (Wildman–Crippen LogP) is 12.6. The molecule has 2 aliphatic heterocycles. The first-order valence-electron chi connectivity index (χ1n) is 29.9. The number of Topliss-reactive ketones (excluding diaryl/α,β-unsaturated/α-hetero) is 1. The van der Waals surface area contributed by atoms with E-state index in [9.17, 15) is 33.6 Å². The molecule has 1 amide bonds. The summed E-state index contributed by atoms with van der Waals surface area (Å²) in [4.78, 5) is 96.5. The molecule has 0 saturated carbocycles. The molecule has 0 bridgehead atoms. The number of carbonyl (C=O) groups is 7. The van der Waals surface area contributed by atoms with Crippen molar-refractivity contribution >= 4 is 41.7 Å². The van der Waals surface area contributed by atoms with Gasteiger partial charge in [0.25, 0.3) is 0 Å². The maximum absolute atomic E-state index is 14.0. The van der Waals surface area contributed by atoms with Crippen molar-refractivity contribution in [1.29, 1.82) is 0 Å². The zero-order valence-electron chi connectivity index (χ0n) is 47.1. The van der Waals surface area contributed by atoms with Gasteiger partial charge >= 0.3 is 35.9 Å². The molecule has 15 nitrogen and oxygen atoms in total. The van der Waals surface area contributed by atoms with Gasteiger partial charge in [0, 0.05) is 69.4 Å². The van der Waals surface area contributed by atoms with Crippen LogP contribution in [0, 0.1) is 17.8 Å². The van der Waals surface area contributed by atoms with Gasteiger partial charge in [-0.25, -0.2) is 4.79 Å². The Hall–Kier alpha value is -3.75. The monoisotopic (exact) mass is 1050 g/mol. The van der Waals surface area contributed by atoms with E-state index in [0.29, 0.717) is 32.2 Å². The Balaban J connectivity index is 2.18. The molecule has 2 aliphatic rings. The van der Waals surface area contributed by atoms with Crippen LogP contribution in [-0.2, 0) is 57.2 Å². The summed E-state index contributed by atoms with van der Waals surface area (Å²) in [5.41, 5.74) is 0. The number of piperidine rings is 1. The first-order chi connectivity index (χ1) is 36.0. The number of rotatable bonds is 46. The van der Waals surface area contributed by atoms with Gasteiger partial charge in [-0.3, -0.25) is 33.7 Å². The van der Waals surface area contributed by atoms with Crippen LogP contribution in [0.5, 0.6) is 0 Å². The molecule has 2 fully saturated rings. The minimum absolute atomic E-state index is 0.00687. The summed E-state index contributed by atoms with van der Waals surface area (Å²) >= 11 is 0. The molecule has 74 heavy (non-hydrogen) atoms. The first kappa shape index (κ1) is 66.4. The Bertz CT molecular complexity index is 1360. The van der Waals surface area contributed by atoms with Gasteiger partial charge in [-0.1, -0.05) is 163 Å². The van der Waals surface area contributed by atoms with Crippen LogP contribution in [0.3, 0.4) is 0 Å². The topological polar surface area (TPSA) is 181 Å². The van der Waals surface area contributed by atoms with Crippen LogP contribution in [0.2, 0.25) is 0 Å². The molecule has 0 N–H and O–H groups in total. The van der Waals surface area contributed by atoms with Crippen LogP contribution >= 0.6 is 0 Å². The molecule has 0 radical (unpaired) electrons. The zero-order valence-corrected chi connectivity index (χ0v) is 47.1. The fourth-order valence-corrected chi connectivity index (χ4v) is 9.67. The van der Waals surface area contributed by atoms with E-state index in [1.807, 2.05) is 0 Å². The second-order valence-electron chi connectivity index (χ2n) is 21.4. The maximum Gasteiger partial charge on any atom is 0.409 e. The molecule has 0 aromatic rings. The molecule has 2 saturated heterocycles. The third-order valence-corrected chi connectivity index (χ3v) is 14.3. The highest BCUT2D eigenvalue weighted by atomic mass is 16.6. The van der Waals surface area contributed by atoms with E-state index in [4.69, 9.17) is 28.4 Å². The summed E-state index contributed by atoms with van der Waals surface area (Å²) in [5.74, 6) is -4.16. The summed E-state index contributed by atoms with van der Waals surface area (Å²) in [5, 5.41) is 0. The van der Waals surface area contributed by atoms with E-state index < -0.39 is 35.9 Å². The third-order valence-electron chi connectivity index (χ3n) is 14.3. The molecule has 0 spiro atoms. The number of nitrogens with zero attached hydrogens (tertiary/aromatic N) is 2. The molecule has 428 valence electrons. The maximum atomic E-state index is 14.0. The summed E-state index contributed by atoms with van der Waals surface area (Å²) in [6, 6.07) is 0. The Kier molecular flexibility index (Phi) is 39.8. The largest absolute Gasteiger partial charge is 0.465 e. The number of hydrogen-bond acceptors (Lipinski definition) is 14. The van der Waals surface area contributed by atoms with Gasteiger partial charge in [-0.15, -0.1) is 0 Å². The lowest BCUT2D eigenvalue weighted by Crippen LogP contribution is -2.36. The van der Waals surface area contributed by atoms with Crippen LogP contribution in [0.4, 0.5) is 4.79 Å². The van der Waals surface area contributed by atoms with E-state index >= 15 is 0 Å². The summed E-state index contributed by atoms with van der Waals surface area (Å²) in [6.07, 6.45) is 27.2. The van der Waals surface area contributed by atoms with Gasteiger partial charge in [0.2, 0.25) is 0 Å². The lowest BCUT2D eigenvalue weighted by atomic mass is 9.94. The van der Waals surface area contributed by atoms with E-state index in [0.717, 1.165) is 142 Å². The van der Waals surface area contributed by atoms with E-state index in [-0.39, 0.29) is 121 Å². The van der Waals surface area contributed by atoms with Crippen molar-refractivity contribution in [2.75, 3.05) is 65.8 Å². The van der Waals surface area contributed by atoms with Gasteiger partial charge in [0.15, 0.2) is 0 Å². The Morgan fingerprint density at radius 3 is 1.22 bits per heavy atom.